The summed E-state index contributed by atoms with van der Waals surface area (Å²) in [6, 6.07) is 25.7. The number of hydrogen-bond acceptors (Lipinski definition) is 14. The van der Waals surface area contributed by atoms with Gasteiger partial charge in [-0.05, 0) is 68.7 Å². The normalized spacial score (nSPS) is 21.4. The molecule has 5 atom stereocenters. The number of amides is 4. The molecule has 3 heterocycles. The molecule has 0 radical (unpaired) electrons. The molecule has 1 unspecified atom stereocenters. The third-order valence-corrected chi connectivity index (χ3v) is 12.5. The molecule has 4 amide bonds. The Morgan fingerprint density at radius 3 is 2.08 bits per heavy atom. The topological polar surface area (TPSA) is 212 Å². The Hall–Kier alpha value is -5.80. The van der Waals surface area contributed by atoms with Crippen molar-refractivity contribution in [2.24, 2.45) is 9.98 Å². The Kier molecular flexibility index (Phi) is 14.9. The third kappa shape index (κ3) is 9.89. The predicted molar refractivity (Wildman–Crippen MR) is 230 cm³/mol. The molecule has 0 aromatic heterocycles. The monoisotopic (exact) mass is 885 g/mol. The first-order valence-electron chi connectivity index (χ1n) is 20.4. The van der Waals surface area contributed by atoms with E-state index in [1.807, 2.05) is 107 Å². The lowest BCUT2D eigenvalue weighted by atomic mass is 9.80. The van der Waals surface area contributed by atoms with Crippen molar-refractivity contribution < 1.29 is 51.9 Å². The van der Waals surface area contributed by atoms with Crippen LogP contribution in [0.3, 0.4) is 0 Å². The lowest BCUT2D eigenvalue weighted by Gasteiger charge is -2.39. The molecule has 1 fully saturated rings. The van der Waals surface area contributed by atoms with Crippen LogP contribution in [-0.4, -0.2) is 109 Å². The molecule has 18 nitrogen and oxygen atoms in total. The van der Waals surface area contributed by atoms with Crippen molar-refractivity contribution in [3.8, 4) is 17.6 Å². The number of benzene rings is 3. The zero-order chi connectivity index (χ0) is 45.5. The standard InChI is InChI=1S/C44H52N7O11P/c1-27(2)51(28(3)4)63(59-24-12-23-45)62-36-25-38(50-42(55)47-39-40(54)48-41(46-29(5)52)49-44(39,50)61-30(6)53)60-37(36)26-58-43(31-13-10-9-11-14-31,32-15-19-34(56-7)20-16-32)33-17-21-35(57-8)22-18-33/h9-11,13-22,27-28,36-38H,12,24-26H2,1-8H3,(H2,46,48,49,52,54)/t36-,37+,38+,44+,63?/m0/s1. The van der Waals surface area contributed by atoms with Crippen LogP contribution in [-0.2, 0) is 43.2 Å². The fourth-order valence-corrected chi connectivity index (χ4v) is 9.55. The minimum absolute atomic E-state index is 0.0625. The van der Waals surface area contributed by atoms with Crippen molar-refractivity contribution in [2.75, 3.05) is 27.4 Å². The van der Waals surface area contributed by atoms with Crippen LogP contribution in [0.25, 0.3) is 0 Å². The van der Waals surface area contributed by atoms with Crippen molar-refractivity contribution in [2.45, 2.75) is 96.4 Å². The minimum Gasteiger partial charge on any atom is -0.497 e. The zero-order valence-corrected chi connectivity index (χ0v) is 37.3. The van der Waals surface area contributed by atoms with Crippen LogP contribution in [0.4, 0.5) is 4.79 Å². The highest BCUT2D eigenvalue weighted by molar-refractivity contribution is 7.44. The minimum atomic E-state index is -2.45. The molecule has 0 spiro atoms. The molecule has 2 N–H and O–H groups in total. The Bertz CT molecular complexity index is 2180. The number of guanidine groups is 1. The summed E-state index contributed by atoms with van der Waals surface area (Å²) in [5, 5.41) is 14.2. The highest BCUT2D eigenvalue weighted by Gasteiger charge is 2.63. The third-order valence-electron chi connectivity index (χ3n) is 10.3. The van der Waals surface area contributed by atoms with Crippen molar-refractivity contribution in [1.29, 1.82) is 5.26 Å². The fraction of sp³-hybridized carbons (Fsp3) is 0.432. The van der Waals surface area contributed by atoms with Crippen LogP contribution < -0.4 is 20.1 Å². The highest BCUT2D eigenvalue weighted by Crippen LogP contribution is 2.51. The number of nitrogens with one attached hydrogen (secondary N) is 2. The zero-order valence-electron chi connectivity index (χ0n) is 36.4. The molecule has 3 aromatic carbocycles. The lowest BCUT2D eigenvalue weighted by molar-refractivity contribution is -0.178. The number of methoxy groups -OCH3 is 2. The van der Waals surface area contributed by atoms with E-state index >= 15 is 0 Å². The number of ether oxygens (including phenoxy) is 5. The number of esters is 1. The van der Waals surface area contributed by atoms with Gasteiger partial charge in [0.2, 0.25) is 17.6 Å². The lowest BCUT2D eigenvalue weighted by Crippen LogP contribution is -2.65. The first-order chi connectivity index (χ1) is 30.2. The van der Waals surface area contributed by atoms with Gasteiger partial charge in [0.15, 0.2) is 0 Å². The quantitative estimate of drug-likeness (QED) is 0.0700. The number of nitrogens with zero attached hydrogens (tertiary/aromatic N) is 5. The maximum absolute atomic E-state index is 14.0. The largest absolute Gasteiger partial charge is 0.497 e. The van der Waals surface area contributed by atoms with Crippen molar-refractivity contribution in [3.05, 3.63) is 95.6 Å². The number of hydrogen-bond donors (Lipinski definition) is 2. The average Bonchev–Trinajstić information content (AvgIpc) is 3.77. The van der Waals surface area contributed by atoms with Gasteiger partial charge in [-0.15, -0.1) is 0 Å². The van der Waals surface area contributed by atoms with Gasteiger partial charge in [0, 0.05) is 32.4 Å². The highest BCUT2D eigenvalue weighted by atomic mass is 31.2. The van der Waals surface area contributed by atoms with E-state index in [0.717, 1.165) is 28.5 Å². The van der Waals surface area contributed by atoms with E-state index < -0.39 is 67.9 Å². The number of rotatable bonds is 18. The maximum Gasteiger partial charge on any atom is 0.351 e. The molecule has 1 saturated heterocycles. The van der Waals surface area contributed by atoms with Crippen molar-refractivity contribution in [1.82, 2.24) is 20.2 Å². The maximum atomic E-state index is 14.0. The van der Waals surface area contributed by atoms with Crippen LogP contribution in [0, 0.1) is 11.3 Å². The molecule has 0 bridgehead atoms. The molecular formula is C44H52N7O11P. The van der Waals surface area contributed by atoms with E-state index in [1.165, 1.54) is 6.92 Å². The van der Waals surface area contributed by atoms with Crippen LogP contribution in [0.2, 0.25) is 0 Å². The van der Waals surface area contributed by atoms with Gasteiger partial charge >= 0.3 is 17.8 Å². The molecule has 6 rings (SSSR count). The van der Waals surface area contributed by atoms with E-state index in [1.54, 1.807) is 14.2 Å². The Balaban J connectivity index is 1.48. The van der Waals surface area contributed by atoms with Gasteiger partial charge in [0.25, 0.3) is 14.4 Å². The van der Waals surface area contributed by atoms with Crippen molar-refractivity contribution in [3.63, 3.8) is 0 Å². The molecule has 334 valence electrons. The fourth-order valence-electron chi connectivity index (χ4n) is 7.79. The molecule has 3 aliphatic rings. The Morgan fingerprint density at radius 2 is 1.56 bits per heavy atom. The SMILES string of the molecule is COc1ccc(C(OC[C@H]2O[C@@H](N3C(=O)N=C4C(=O)NC(NC(C)=O)=N[C@]43OC(C)=O)C[C@@H]2OP(OCCC#N)N(C(C)C)C(C)C)(c2ccccc2)c2ccc(OC)cc2)cc1. The predicted octanol–water partition coefficient (Wildman–Crippen LogP) is 5.50. The Morgan fingerprint density at radius 1 is 0.968 bits per heavy atom. The second-order valence-electron chi connectivity index (χ2n) is 15.3. The number of carbonyl (C=O) groups excluding carboxylic acids is 4. The summed E-state index contributed by atoms with van der Waals surface area (Å²) >= 11 is 0. The van der Waals surface area contributed by atoms with Crippen LogP contribution in [0.15, 0.2) is 88.8 Å². The van der Waals surface area contributed by atoms with Crippen LogP contribution in [0.5, 0.6) is 11.5 Å². The summed E-state index contributed by atoms with van der Waals surface area (Å²) < 4.78 is 46.1. The van der Waals surface area contributed by atoms with Crippen LogP contribution >= 0.6 is 8.53 Å². The van der Waals surface area contributed by atoms with E-state index in [2.05, 4.69) is 31.4 Å². The first kappa shape index (κ1) is 46.7. The van der Waals surface area contributed by atoms with E-state index in [-0.39, 0.29) is 44.1 Å². The van der Waals surface area contributed by atoms with Crippen LogP contribution in [0.1, 0.15) is 71.1 Å². The summed E-state index contributed by atoms with van der Waals surface area (Å²) in [5.41, 5.74) is 0.435. The van der Waals surface area contributed by atoms with Gasteiger partial charge in [-0.25, -0.2) is 14.4 Å². The number of nitriles is 1. The second kappa shape index (κ2) is 20.1. The number of aliphatic imine (C=N–C) groups is 2. The van der Waals surface area contributed by atoms with Gasteiger partial charge in [-0.2, -0.15) is 15.2 Å². The summed E-state index contributed by atoms with van der Waals surface area (Å²) in [6.45, 7) is 10.2. The van der Waals surface area contributed by atoms with Gasteiger partial charge < -0.3 is 32.7 Å². The van der Waals surface area contributed by atoms with E-state index in [0.29, 0.717) is 11.5 Å². The van der Waals surface area contributed by atoms with Gasteiger partial charge in [0.1, 0.15) is 29.4 Å². The molecular weight excluding hydrogens is 833 g/mol. The van der Waals surface area contributed by atoms with Gasteiger partial charge in [-0.1, -0.05) is 54.6 Å². The first-order valence-corrected chi connectivity index (χ1v) is 21.5. The van der Waals surface area contributed by atoms with E-state index in [9.17, 15) is 24.4 Å². The number of urea groups is 1. The van der Waals surface area contributed by atoms with Gasteiger partial charge in [-0.3, -0.25) is 25.0 Å². The summed E-state index contributed by atoms with van der Waals surface area (Å²) in [5.74, 6) is -3.98. The Labute approximate surface area is 367 Å². The number of fused-ring (bicyclic) bond motifs is 1. The van der Waals surface area contributed by atoms with E-state index in [4.69, 9.17) is 32.7 Å². The summed E-state index contributed by atoms with van der Waals surface area (Å²) in [7, 11) is 1.29. The second-order valence-corrected chi connectivity index (χ2v) is 16.7. The molecule has 63 heavy (non-hydrogen) atoms. The van der Waals surface area contributed by atoms with Gasteiger partial charge in [0.05, 0.1) is 46.0 Å². The average molecular weight is 886 g/mol. The summed E-state index contributed by atoms with van der Waals surface area (Å²) in [6.07, 6.45) is -3.16. The molecule has 0 aliphatic carbocycles. The summed E-state index contributed by atoms with van der Waals surface area (Å²) in [4.78, 5) is 61.8. The molecule has 19 heteroatoms. The number of carbonyl (C=O) groups is 4. The molecule has 0 saturated carbocycles. The molecule has 3 aromatic rings. The van der Waals surface area contributed by atoms with Crippen molar-refractivity contribution >= 4 is 44.0 Å². The smallest absolute Gasteiger partial charge is 0.351 e. The molecule has 3 aliphatic heterocycles.